The third-order valence-corrected chi connectivity index (χ3v) is 5.27. The van der Waals surface area contributed by atoms with E-state index in [2.05, 4.69) is 23.1 Å². The molecule has 9 heteroatoms. The van der Waals surface area contributed by atoms with Gasteiger partial charge in [0.1, 0.15) is 11.6 Å². The molecule has 190 valence electrons. The van der Waals surface area contributed by atoms with Gasteiger partial charge in [-0.25, -0.2) is 14.0 Å². The zero-order chi connectivity index (χ0) is 25.9. The van der Waals surface area contributed by atoms with Gasteiger partial charge in [0, 0.05) is 19.6 Å². The van der Waals surface area contributed by atoms with Crippen LogP contribution in [-0.2, 0) is 29.1 Å². The minimum absolute atomic E-state index is 0.204. The van der Waals surface area contributed by atoms with Crippen LogP contribution >= 0.6 is 0 Å². The maximum absolute atomic E-state index is 13.7. The van der Waals surface area contributed by atoms with Gasteiger partial charge in [0.05, 0.1) is 6.61 Å². The van der Waals surface area contributed by atoms with Crippen LogP contribution in [-0.4, -0.2) is 47.0 Å². The second-order valence-electron chi connectivity index (χ2n) is 7.97. The van der Waals surface area contributed by atoms with E-state index in [9.17, 15) is 4.39 Å². The molecule has 3 aromatic carbocycles. The Bertz CT molecular complexity index is 1160. The van der Waals surface area contributed by atoms with E-state index in [4.69, 9.17) is 34.0 Å². The van der Waals surface area contributed by atoms with E-state index in [1.807, 2.05) is 37.3 Å². The molecule has 0 aromatic heterocycles. The first-order valence-electron chi connectivity index (χ1n) is 11.4. The molecule has 0 radical (unpaired) electrons. The van der Waals surface area contributed by atoms with E-state index in [1.54, 1.807) is 12.1 Å². The number of carboxylic acids is 2. The Hall–Kier alpha value is -4.11. The molecule has 0 saturated carbocycles. The summed E-state index contributed by atoms with van der Waals surface area (Å²) in [7, 11) is 0. The third kappa shape index (κ3) is 8.28. The molecule has 0 spiro atoms. The van der Waals surface area contributed by atoms with Crippen LogP contribution in [0.2, 0.25) is 0 Å². The summed E-state index contributed by atoms with van der Waals surface area (Å²) in [6.45, 7) is 5.19. The molecule has 2 N–H and O–H groups in total. The number of carbonyl (C=O) groups is 2. The normalized spacial score (nSPS) is 11.5. The molecule has 0 bridgehead atoms. The van der Waals surface area contributed by atoms with Crippen molar-refractivity contribution < 1.29 is 38.4 Å². The van der Waals surface area contributed by atoms with Gasteiger partial charge < -0.3 is 24.4 Å². The minimum Gasteiger partial charge on any atom is -0.494 e. The summed E-state index contributed by atoms with van der Waals surface area (Å²) in [5.74, 6) is -1.38. The highest BCUT2D eigenvalue weighted by Crippen LogP contribution is 2.32. The fourth-order valence-corrected chi connectivity index (χ4v) is 3.61. The average Bonchev–Trinajstić information content (AvgIpc) is 3.32. The zero-order valence-corrected chi connectivity index (χ0v) is 19.9. The number of hydrogen-bond acceptors (Lipinski definition) is 6. The lowest BCUT2D eigenvalue weighted by Gasteiger charge is -2.23. The number of rotatable bonds is 9. The van der Waals surface area contributed by atoms with Crippen molar-refractivity contribution in [2.45, 2.75) is 26.4 Å². The van der Waals surface area contributed by atoms with Crippen molar-refractivity contribution in [1.29, 1.82) is 0 Å². The highest BCUT2D eigenvalue weighted by molar-refractivity contribution is 6.27. The summed E-state index contributed by atoms with van der Waals surface area (Å²) >= 11 is 0. The second-order valence-corrected chi connectivity index (χ2v) is 7.97. The van der Waals surface area contributed by atoms with E-state index in [0.29, 0.717) is 13.2 Å². The van der Waals surface area contributed by atoms with Crippen LogP contribution in [0, 0.1) is 5.82 Å². The van der Waals surface area contributed by atoms with E-state index >= 15 is 0 Å². The number of nitrogens with zero attached hydrogens (tertiary/aromatic N) is 1. The molecule has 0 saturated heterocycles. The number of carboxylic acid groups (broad SMARTS) is 2. The van der Waals surface area contributed by atoms with Crippen LogP contribution in [0.15, 0.2) is 66.7 Å². The summed E-state index contributed by atoms with van der Waals surface area (Å²) < 4.78 is 30.1. The van der Waals surface area contributed by atoms with Gasteiger partial charge in [-0.1, -0.05) is 30.3 Å². The molecule has 0 atom stereocenters. The lowest BCUT2D eigenvalue weighted by Crippen LogP contribution is -2.25. The lowest BCUT2D eigenvalue weighted by molar-refractivity contribution is -0.159. The first-order chi connectivity index (χ1) is 17.3. The van der Waals surface area contributed by atoms with Crippen molar-refractivity contribution in [2.75, 3.05) is 19.9 Å². The fraction of sp³-hybridized carbons (Fsp3) is 0.259. The van der Waals surface area contributed by atoms with Crippen LogP contribution in [0.4, 0.5) is 4.39 Å². The Morgan fingerprint density at radius 1 is 0.889 bits per heavy atom. The van der Waals surface area contributed by atoms with Crippen molar-refractivity contribution in [3.05, 3.63) is 89.2 Å². The van der Waals surface area contributed by atoms with Crippen LogP contribution in [0.3, 0.4) is 0 Å². The van der Waals surface area contributed by atoms with E-state index in [-0.39, 0.29) is 12.6 Å². The SMILES string of the molecule is CCOc1ccc(CN(CCc2ccc3c(c2)OCO3)Cc2cccc(F)c2)cc1.O=C(O)C(=O)O. The maximum atomic E-state index is 13.7. The van der Waals surface area contributed by atoms with Gasteiger partial charge in [-0.15, -0.1) is 0 Å². The molecular weight excluding hydrogens is 469 g/mol. The van der Waals surface area contributed by atoms with E-state index in [0.717, 1.165) is 42.3 Å². The average molecular weight is 498 g/mol. The summed E-state index contributed by atoms with van der Waals surface area (Å²) in [5, 5.41) is 14.8. The van der Waals surface area contributed by atoms with E-state index < -0.39 is 11.9 Å². The van der Waals surface area contributed by atoms with Crippen LogP contribution in [0.1, 0.15) is 23.6 Å². The molecule has 8 nitrogen and oxygen atoms in total. The monoisotopic (exact) mass is 497 g/mol. The van der Waals surface area contributed by atoms with Gasteiger partial charge >= 0.3 is 11.9 Å². The highest BCUT2D eigenvalue weighted by Gasteiger charge is 2.14. The summed E-state index contributed by atoms with van der Waals surface area (Å²) in [4.78, 5) is 20.5. The smallest absolute Gasteiger partial charge is 0.414 e. The standard InChI is InChI=1S/C25H26FNO3.C2H2O4/c1-2-28-23-9-6-20(7-10-23)16-27(17-21-4-3-5-22(26)14-21)13-12-19-8-11-24-25(15-19)30-18-29-24;3-1(4)2(5)6/h3-11,14-15H,2,12-13,16-18H2,1H3;(H,3,4)(H,5,6). The van der Waals surface area contributed by atoms with Gasteiger partial charge in [-0.05, 0) is 66.4 Å². The van der Waals surface area contributed by atoms with Crippen LogP contribution in [0.5, 0.6) is 17.2 Å². The number of hydrogen-bond donors (Lipinski definition) is 2. The first-order valence-corrected chi connectivity index (χ1v) is 11.4. The first kappa shape index (κ1) is 26.5. The van der Waals surface area contributed by atoms with Gasteiger partial charge in [0.15, 0.2) is 11.5 Å². The summed E-state index contributed by atoms with van der Waals surface area (Å²) in [5.41, 5.74) is 3.35. The second kappa shape index (κ2) is 13.1. The lowest BCUT2D eigenvalue weighted by atomic mass is 10.1. The zero-order valence-electron chi connectivity index (χ0n) is 19.9. The molecule has 0 amide bonds. The number of halogens is 1. The molecule has 1 heterocycles. The van der Waals surface area contributed by atoms with Crippen LogP contribution in [0.25, 0.3) is 0 Å². The Labute approximate surface area is 208 Å². The topological polar surface area (TPSA) is 106 Å². The molecule has 4 rings (SSSR count). The predicted molar refractivity (Wildman–Crippen MR) is 130 cm³/mol. The molecule has 0 aliphatic carbocycles. The van der Waals surface area contributed by atoms with Crippen molar-refractivity contribution in [3.8, 4) is 17.2 Å². The van der Waals surface area contributed by atoms with E-state index in [1.165, 1.54) is 17.2 Å². The summed E-state index contributed by atoms with van der Waals surface area (Å²) in [6, 6.07) is 21.1. The molecule has 0 unspecified atom stereocenters. The Kier molecular flexibility index (Phi) is 9.64. The molecule has 1 aliphatic heterocycles. The number of benzene rings is 3. The molecule has 36 heavy (non-hydrogen) atoms. The molecule has 1 aliphatic rings. The Morgan fingerprint density at radius 3 is 2.22 bits per heavy atom. The number of fused-ring (bicyclic) bond motifs is 1. The van der Waals surface area contributed by atoms with Gasteiger partial charge in [0.25, 0.3) is 0 Å². The third-order valence-electron chi connectivity index (χ3n) is 5.27. The molecular formula is C27H28FNO7. The Balaban J connectivity index is 0.000000538. The van der Waals surface area contributed by atoms with Gasteiger partial charge in [0.2, 0.25) is 6.79 Å². The Morgan fingerprint density at radius 2 is 1.56 bits per heavy atom. The van der Waals surface area contributed by atoms with Crippen molar-refractivity contribution in [2.24, 2.45) is 0 Å². The van der Waals surface area contributed by atoms with Crippen LogP contribution < -0.4 is 14.2 Å². The quantitative estimate of drug-likeness (QED) is 0.421. The highest BCUT2D eigenvalue weighted by atomic mass is 19.1. The minimum atomic E-state index is -1.82. The fourth-order valence-electron chi connectivity index (χ4n) is 3.61. The largest absolute Gasteiger partial charge is 0.494 e. The van der Waals surface area contributed by atoms with Crippen molar-refractivity contribution in [3.63, 3.8) is 0 Å². The molecule has 0 fully saturated rings. The van der Waals surface area contributed by atoms with Crippen molar-refractivity contribution in [1.82, 2.24) is 4.90 Å². The number of aliphatic carboxylic acids is 2. The van der Waals surface area contributed by atoms with Gasteiger partial charge in [-0.3, -0.25) is 4.90 Å². The van der Waals surface area contributed by atoms with Gasteiger partial charge in [-0.2, -0.15) is 0 Å². The van der Waals surface area contributed by atoms with Crippen molar-refractivity contribution >= 4 is 11.9 Å². The number of ether oxygens (including phenoxy) is 3. The summed E-state index contributed by atoms with van der Waals surface area (Å²) in [6.07, 6.45) is 0.864. The molecule has 3 aromatic rings. The predicted octanol–water partition coefficient (Wildman–Crippen LogP) is 4.35. The maximum Gasteiger partial charge on any atom is 0.414 e.